The van der Waals surface area contributed by atoms with Crippen LogP contribution in [0.3, 0.4) is 0 Å². The van der Waals surface area contributed by atoms with Gasteiger partial charge in [-0.25, -0.2) is 8.78 Å². The smallest absolute Gasteiger partial charge is 0.241 e. The quantitative estimate of drug-likeness (QED) is 0.855. The van der Waals surface area contributed by atoms with Crippen molar-refractivity contribution in [3.8, 4) is 0 Å². The van der Waals surface area contributed by atoms with E-state index in [-0.39, 0.29) is 18.1 Å². The van der Waals surface area contributed by atoms with E-state index < -0.39 is 11.6 Å². The molecule has 0 saturated heterocycles. The summed E-state index contributed by atoms with van der Waals surface area (Å²) >= 11 is 0. The number of likely N-dealkylation sites (N-methyl/N-ethyl adjacent to an activating group) is 1. The molecule has 0 bridgehead atoms. The summed E-state index contributed by atoms with van der Waals surface area (Å²) in [6.45, 7) is 1.40. The molecule has 3 nitrogen and oxygen atoms in total. The summed E-state index contributed by atoms with van der Waals surface area (Å²) in [5.74, 6) is -1.61. The van der Waals surface area contributed by atoms with Crippen LogP contribution in [0.25, 0.3) is 0 Å². The van der Waals surface area contributed by atoms with Crippen LogP contribution in [0.5, 0.6) is 0 Å². The van der Waals surface area contributed by atoms with Gasteiger partial charge in [-0.15, -0.1) is 0 Å². The molecular formula is C11H14F2N2O. The standard InChI is InChI=1S/C11H14F2N2O/c1-7-4-5-8(12)11(10(7)13)14-6-9(16)15(2)3/h4-5,14H,6H2,1-3H3. The lowest BCUT2D eigenvalue weighted by molar-refractivity contribution is -0.126. The van der Waals surface area contributed by atoms with Gasteiger partial charge in [-0.05, 0) is 18.6 Å². The van der Waals surface area contributed by atoms with Crippen LogP contribution in [0.1, 0.15) is 5.56 Å². The fourth-order valence-electron chi connectivity index (χ4n) is 1.14. The van der Waals surface area contributed by atoms with E-state index >= 15 is 0 Å². The summed E-state index contributed by atoms with van der Waals surface area (Å²) in [4.78, 5) is 12.6. The molecule has 0 aliphatic carbocycles. The number of nitrogens with zero attached hydrogens (tertiary/aromatic N) is 1. The highest BCUT2D eigenvalue weighted by Gasteiger charge is 2.12. The second-order valence-electron chi connectivity index (χ2n) is 3.69. The number of aryl methyl sites for hydroxylation is 1. The van der Waals surface area contributed by atoms with Crippen LogP contribution >= 0.6 is 0 Å². The maximum atomic E-state index is 13.5. The number of halogens is 2. The fourth-order valence-corrected chi connectivity index (χ4v) is 1.14. The highest BCUT2D eigenvalue weighted by atomic mass is 19.1. The Morgan fingerprint density at radius 2 is 2.00 bits per heavy atom. The number of amides is 1. The number of hydrogen-bond acceptors (Lipinski definition) is 2. The lowest BCUT2D eigenvalue weighted by Crippen LogP contribution is -2.29. The molecule has 0 aliphatic heterocycles. The third kappa shape index (κ3) is 2.68. The van der Waals surface area contributed by atoms with Crippen molar-refractivity contribution in [3.05, 3.63) is 29.3 Å². The van der Waals surface area contributed by atoms with Crippen LogP contribution in [-0.4, -0.2) is 31.4 Å². The zero-order chi connectivity index (χ0) is 12.3. The van der Waals surface area contributed by atoms with Gasteiger partial charge in [0.1, 0.15) is 11.5 Å². The van der Waals surface area contributed by atoms with E-state index in [0.717, 1.165) is 0 Å². The third-order valence-corrected chi connectivity index (χ3v) is 2.20. The van der Waals surface area contributed by atoms with Crippen molar-refractivity contribution in [2.75, 3.05) is 26.0 Å². The molecular weight excluding hydrogens is 214 g/mol. The zero-order valence-electron chi connectivity index (χ0n) is 9.47. The van der Waals surface area contributed by atoms with Gasteiger partial charge in [0.15, 0.2) is 5.82 Å². The lowest BCUT2D eigenvalue weighted by Gasteiger charge is -2.13. The number of carbonyl (C=O) groups excluding carboxylic acids is 1. The van der Waals surface area contributed by atoms with E-state index in [2.05, 4.69) is 5.32 Å². The predicted octanol–water partition coefficient (Wildman–Crippen LogP) is 1.77. The molecule has 0 fully saturated rings. The van der Waals surface area contributed by atoms with Gasteiger partial charge in [-0.2, -0.15) is 0 Å². The molecule has 0 aliphatic rings. The Labute approximate surface area is 93.1 Å². The first-order valence-corrected chi connectivity index (χ1v) is 4.82. The van der Waals surface area contributed by atoms with Crippen molar-refractivity contribution in [1.29, 1.82) is 0 Å². The second kappa shape index (κ2) is 4.92. The van der Waals surface area contributed by atoms with E-state index in [4.69, 9.17) is 0 Å². The largest absolute Gasteiger partial charge is 0.371 e. The molecule has 0 atom stereocenters. The van der Waals surface area contributed by atoms with Crippen LogP contribution in [0, 0.1) is 18.6 Å². The number of hydrogen-bond donors (Lipinski definition) is 1. The SMILES string of the molecule is Cc1ccc(F)c(NCC(=O)N(C)C)c1F. The van der Waals surface area contributed by atoms with Gasteiger partial charge in [0, 0.05) is 14.1 Å². The van der Waals surface area contributed by atoms with Gasteiger partial charge in [-0.1, -0.05) is 6.07 Å². The Kier molecular flexibility index (Phi) is 3.82. The molecule has 1 rings (SSSR count). The molecule has 0 heterocycles. The molecule has 5 heteroatoms. The summed E-state index contributed by atoms with van der Waals surface area (Å²) < 4.78 is 26.7. The maximum Gasteiger partial charge on any atom is 0.241 e. The highest BCUT2D eigenvalue weighted by Crippen LogP contribution is 2.21. The van der Waals surface area contributed by atoms with Crippen molar-refractivity contribution in [2.45, 2.75) is 6.92 Å². The van der Waals surface area contributed by atoms with Crippen LogP contribution in [-0.2, 0) is 4.79 Å². The van der Waals surface area contributed by atoms with Gasteiger partial charge >= 0.3 is 0 Å². The van der Waals surface area contributed by atoms with Crippen LogP contribution in [0.2, 0.25) is 0 Å². The molecule has 88 valence electrons. The van der Waals surface area contributed by atoms with Crippen LogP contribution in [0.15, 0.2) is 12.1 Å². The fraction of sp³-hybridized carbons (Fsp3) is 0.364. The van der Waals surface area contributed by atoms with Crippen molar-refractivity contribution >= 4 is 11.6 Å². The summed E-state index contributed by atoms with van der Waals surface area (Å²) in [5, 5.41) is 2.46. The molecule has 0 radical (unpaired) electrons. The molecule has 0 saturated carbocycles. The number of carbonyl (C=O) groups is 1. The van der Waals surface area contributed by atoms with E-state index in [9.17, 15) is 13.6 Å². The minimum Gasteiger partial charge on any atom is -0.371 e. The van der Waals surface area contributed by atoms with Gasteiger partial charge in [0.25, 0.3) is 0 Å². The number of nitrogens with one attached hydrogen (secondary N) is 1. The molecule has 1 amide bonds. The number of anilines is 1. The number of rotatable bonds is 3. The normalized spacial score (nSPS) is 10.1. The Bertz CT molecular complexity index is 405. The molecule has 1 aromatic rings. The molecule has 0 aromatic heterocycles. The van der Waals surface area contributed by atoms with Gasteiger partial charge in [-0.3, -0.25) is 4.79 Å². The molecule has 0 unspecified atom stereocenters. The lowest BCUT2D eigenvalue weighted by atomic mass is 10.2. The van der Waals surface area contributed by atoms with E-state index in [1.807, 2.05) is 0 Å². The minimum absolute atomic E-state index is 0.135. The van der Waals surface area contributed by atoms with E-state index in [1.54, 1.807) is 14.1 Å². The molecule has 16 heavy (non-hydrogen) atoms. The Morgan fingerprint density at radius 3 is 2.56 bits per heavy atom. The summed E-state index contributed by atoms with van der Waals surface area (Å²) in [5.41, 5.74) is 0.0800. The van der Waals surface area contributed by atoms with Gasteiger partial charge in [0.05, 0.1) is 6.54 Å². The van der Waals surface area contributed by atoms with Crippen molar-refractivity contribution in [3.63, 3.8) is 0 Å². The Morgan fingerprint density at radius 1 is 1.38 bits per heavy atom. The first-order valence-electron chi connectivity index (χ1n) is 4.82. The molecule has 0 spiro atoms. The Hall–Kier alpha value is -1.65. The average molecular weight is 228 g/mol. The van der Waals surface area contributed by atoms with Crippen molar-refractivity contribution in [2.24, 2.45) is 0 Å². The summed E-state index contributed by atoms with van der Waals surface area (Å²) in [7, 11) is 3.15. The summed E-state index contributed by atoms with van der Waals surface area (Å²) in [6.07, 6.45) is 0. The van der Waals surface area contributed by atoms with Crippen LogP contribution < -0.4 is 5.32 Å². The van der Waals surface area contributed by atoms with Crippen molar-refractivity contribution in [1.82, 2.24) is 4.90 Å². The van der Waals surface area contributed by atoms with E-state index in [0.29, 0.717) is 5.56 Å². The van der Waals surface area contributed by atoms with Gasteiger partial charge in [0.2, 0.25) is 5.91 Å². The minimum atomic E-state index is -0.699. The van der Waals surface area contributed by atoms with Gasteiger partial charge < -0.3 is 10.2 Å². The first-order chi connectivity index (χ1) is 7.43. The molecule has 1 aromatic carbocycles. The second-order valence-corrected chi connectivity index (χ2v) is 3.69. The first kappa shape index (κ1) is 12.4. The Balaban J connectivity index is 2.82. The zero-order valence-corrected chi connectivity index (χ0v) is 9.47. The third-order valence-electron chi connectivity index (χ3n) is 2.20. The summed E-state index contributed by atoms with van der Waals surface area (Å²) in [6, 6.07) is 2.52. The van der Waals surface area contributed by atoms with E-state index in [1.165, 1.54) is 24.0 Å². The maximum absolute atomic E-state index is 13.5. The number of benzene rings is 1. The highest BCUT2D eigenvalue weighted by molar-refractivity contribution is 5.80. The van der Waals surface area contributed by atoms with Crippen LogP contribution in [0.4, 0.5) is 14.5 Å². The van der Waals surface area contributed by atoms with Crippen molar-refractivity contribution < 1.29 is 13.6 Å². The average Bonchev–Trinajstić information content (AvgIpc) is 2.23. The monoisotopic (exact) mass is 228 g/mol. The topological polar surface area (TPSA) is 32.3 Å². The predicted molar refractivity (Wildman–Crippen MR) is 58.3 cm³/mol. The molecule has 1 N–H and O–H groups in total.